The quantitative estimate of drug-likeness (QED) is 0.785. The normalized spacial score (nSPS) is 16.7. The zero-order valence-electron chi connectivity index (χ0n) is 11.0. The second-order valence-corrected chi connectivity index (χ2v) is 4.77. The summed E-state index contributed by atoms with van der Waals surface area (Å²) in [7, 11) is 0. The van der Waals surface area contributed by atoms with Crippen LogP contribution in [-0.2, 0) is 9.47 Å². The third-order valence-electron chi connectivity index (χ3n) is 3.39. The Balaban J connectivity index is 2.01. The Kier molecular flexibility index (Phi) is 4.34. The SMILES string of the molecule is N#Cc1cccc(C(=O)OCC2(C#N)CCOCC2)c1. The van der Waals surface area contributed by atoms with Gasteiger partial charge >= 0.3 is 5.97 Å². The van der Waals surface area contributed by atoms with Crippen LogP contribution in [0.5, 0.6) is 0 Å². The highest BCUT2D eigenvalue weighted by Crippen LogP contribution is 2.30. The second kappa shape index (κ2) is 6.18. The van der Waals surface area contributed by atoms with Gasteiger partial charge in [0.2, 0.25) is 0 Å². The van der Waals surface area contributed by atoms with Crippen LogP contribution in [0, 0.1) is 28.1 Å². The molecule has 0 aromatic heterocycles. The van der Waals surface area contributed by atoms with Crippen molar-refractivity contribution in [3.05, 3.63) is 35.4 Å². The number of carbonyl (C=O) groups excluding carboxylic acids is 1. The van der Waals surface area contributed by atoms with E-state index in [0.717, 1.165) is 0 Å². The second-order valence-electron chi connectivity index (χ2n) is 4.77. The van der Waals surface area contributed by atoms with Gasteiger partial charge in [-0.15, -0.1) is 0 Å². The van der Waals surface area contributed by atoms with E-state index in [1.165, 1.54) is 6.07 Å². The van der Waals surface area contributed by atoms with Crippen LogP contribution in [0.2, 0.25) is 0 Å². The van der Waals surface area contributed by atoms with Crippen molar-refractivity contribution >= 4 is 5.97 Å². The van der Waals surface area contributed by atoms with Gasteiger partial charge in [0, 0.05) is 13.2 Å². The molecule has 5 nitrogen and oxygen atoms in total. The maximum atomic E-state index is 11.9. The Hall–Kier alpha value is -2.37. The van der Waals surface area contributed by atoms with Crippen molar-refractivity contribution < 1.29 is 14.3 Å². The predicted molar refractivity (Wildman–Crippen MR) is 69.5 cm³/mol. The van der Waals surface area contributed by atoms with Gasteiger partial charge in [-0.05, 0) is 31.0 Å². The van der Waals surface area contributed by atoms with E-state index in [-0.39, 0.29) is 6.61 Å². The van der Waals surface area contributed by atoms with Gasteiger partial charge in [0.25, 0.3) is 0 Å². The van der Waals surface area contributed by atoms with Crippen LogP contribution in [0.1, 0.15) is 28.8 Å². The average molecular weight is 270 g/mol. The van der Waals surface area contributed by atoms with Crippen LogP contribution >= 0.6 is 0 Å². The minimum atomic E-state index is -0.652. The first-order chi connectivity index (χ1) is 9.69. The van der Waals surface area contributed by atoms with Crippen molar-refractivity contribution in [2.24, 2.45) is 5.41 Å². The molecule has 1 aromatic rings. The number of hydrogen-bond donors (Lipinski definition) is 0. The zero-order chi connectivity index (χ0) is 14.4. The van der Waals surface area contributed by atoms with Crippen molar-refractivity contribution in [3.8, 4) is 12.1 Å². The fourth-order valence-electron chi connectivity index (χ4n) is 2.05. The summed E-state index contributed by atoms with van der Waals surface area (Å²) < 4.78 is 10.5. The minimum Gasteiger partial charge on any atom is -0.460 e. The Morgan fingerprint density at radius 3 is 2.75 bits per heavy atom. The standard InChI is InChI=1S/C15H14N2O3/c16-9-12-2-1-3-13(8-12)14(18)20-11-15(10-17)4-6-19-7-5-15/h1-3,8H,4-7,11H2. The summed E-state index contributed by atoms with van der Waals surface area (Å²) in [6.45, 7) is 1.08. The van der Waals surface area contributed by atoms with E-state index >= 15 is 0 Å². The molecule has 1 aliphatic rings. The van der Waals surface area contributed by atoms with Crippen LogP contribution < -0.4 is 0 Å². The van der Waals surface area contributed by atoms with Crippen molar-refractivity contribution in [1.29, 1.82) is 10.5 Å². The Morgan fingerprint density at radius 2 is 2.10 bits per heavy atom. The van der Waals surface area contributed by atoms with E-state index in [2.05, 4.69) is 6.07 Å². The van der Waals surface area contributed by atoms with Gasteiger partial charge in [0.05, 0.1) is 28.7 Å². The van der Waals surface area contributed by atoms with Crippen molar-refractivity contribution in [2.75, 3.05) is 19.8 Å². The maximum Gasteiger partial charge on any atom is 0.338 e. The molecule has 1 aromatic carbocycles. The number of carbonyl (C=O) groups is 1. The van der Waals surface area contributed by atoms with Crippen LogP contribution in [0.25, 0.3) is 0 Å². The van der Waals surface area contributed by atoms with Gasteiger partial charge in [-0.3, -0.25) is 0 Å². The molecule has 2 rings (SSSR count). The largest absolute Gasteiger partial charge is 0.460 e. The van der Waals surface area contributed by atoms with Crippen molar-refractivity contribution in [2.45, 2.75) is 12.8 Å². The molecule has 5 heteroatoms. The maximum absolute atomic E-state index is 11.9. The van der Waals surface area contributed by atoms with Crippen LogP contribution in [0.15, 0.2) is 24.3 Å². The number of ether oxygens (including phenoxy) is 2. The molecule has 20 heavy (non-hydrogen) atoms. The summed E-state index contributed by atoms with van der Waals surface area (Å²) in [5.74, 6) is -0.511. The first kappa shape index (κ1) is 14.0. The van der Waals surface area contributed by atoms with E-state index in [4.69, 9.17) is 14.7 Å². The van der Waals surface area contributed by atoms with E-state index in [9.17, 15) is 10.1 Å². The fraction of sp³-hybridized carbons (Fsp3) is 0.400. The monoisotopic (exact) mass is 270 g/mol. The Labute approximate surface area is 117 Å². The van der Waals surface area contributed by atoms with Crippen LogP contribution in [0.4, 0.5) is 0 Å². The van der Waals surface area contributed by atoms with Gasteiger partial charge in [-0.1, -0.05) is 6.07 Å². The van der Waals surface area contributed by atoms with E-state index in [1.807, 2.05) is 6.07 Å². The van der Waals surface area contributed by atoms with E-state index < -0.39 is 11.4 Å². The highest BCUT2D eigenvalue weighted by molar-refractivity contribution is 5.89. The summed E-state index contributed by atoms with van der Waals surface area (Å²) in [5.41, 5.74) is 0.0746. The molecular formula is C15H14N2O3. The van der Waals surface area contributed by atoms with E-state index in [0.29, 0.717) is 37.2 Å². The summed E-state index contributed by atoms with van der Waals surface area (Å²) in [4.78, 5) is 11.9. The van der Waals surface area contributed by atoms with Crippen molar-refractivity contribution in [3.63, 3.8) is 0 Å². The molecular weight excluding hydrogens is 256 g/mol. The number of rotatable bonds is 3. The molecule has 0 unspecified atom stereocenters. The first-order valence-corrected chi connectivity index (χ1v) is 6.35. The summed E-state index contributed by atoms with van der Waals surface area (Å²) in [6, 6.07) is 10.5. The Morgan fingerprint density at radius 1 is 1.35 bits per heavy atom. The zero-order valence-corrected chi connectivity index (χ0v) is 11.0. The molecule has 0 aliphatic carbocycles. The molecule has 0 saturated carbocycles. The molecule has 1 fully saturated rings. The lowest BCUT2D eigenvalue weighted by Gasteiger charge is -2.29. The molecule has 0 amide bonds. The predicted octanol–water partition coefficient (Wildman–Crippen LogP) is 2.04. The van der Waals surface area contributed by atoms with Gasteiger partial charge in [-0.25, -0.2) is 4.79 Å². The summed E-state index contributed by atoms with van der Waals surface area (Å²) in [6.07, 6.45) is 1.13. The molecule has 102 valence electrons. The Bertz CT molecular complexity index is 578. The van der Waals surface area contributed by atoms with Gasteiger partial charge in [0.15, 0.2) is 0 Å². The van der Waals surface area contributed by atoms with E-state index in [1.54, 1.807) is 18.2 Å². The molecule has 0 atom stereocenters. The number of nitrogens with zero attached hydrogens (tertiary/aromatic N) is 2. The fourth-order valence-corrected chi connectivity index (χ4v) is 2.05. The minimum absolute atomic E-state index is 0.0580. The van der Waals surface area contributed by atoms with Gasteiger partial charge in [0.1, 0.15) is 6.61 Å². The molecule has 0 N–H and O–H groups in total. The first-order valence-electron chi connectivity index (χ1n) is 6.35. The number of benzene rings is 1. The smallest absolute Gasteiger partial charge is 0.338 e. The lowest BCUT2D eigenvalue weighted by molar-refractivity contribution is -0.00466. The molecule has 0 spiro atoms. The lowest BCUT2D eigenvalue weighted by Crippen LogP contribution is -2.33. The molecule has 0 bridgehead atoms. The van der Waals surface area contributed by atoms with Gasteiger partial charge in [-0.2, -0.15) is 10.5 Å². The average Bonchev–Trinajstić information content (AvgIpc) is 2.53. The molecule has 1 heterocycles. The lowest BCUT2D eigenvalue weighted by atomic mass is 9.83. The third-order valence-corrected chi connectivity index (χ3v) is 3.39. The molecule has 1 saturated heterocycles. The highest BCUT2D eigenvalue weighted by Gasteiger charge is 2.34. The van der Waals surface area contributed by atoms with Crippen molar-refractivity contribution in [1.82, 2.24) is 0 Å². The van der Waals surface area contributed by atoms with Crippen LogP contribution in [0.3, 0.4) is 0 Å². The number of nitriles is 2. The molecule has 0 radical (unpaired) electrons. The highest BCUT2D eigenvalue weighted by atomic mass is 16.5. The van der Waals surface area contributed by atoms with Crippen LogP contribution in [-0.4, -0.2) is 25.8 Å². The molecule has 1 aliphatic heterocycles. The summed E-state index contributed by atoms with van der Waals surface area (Å²) in [5, 5.41) is 18.1. The third kappa shape index (κ3) is 3.14. The number of esters is 1. The summed E-state index contributed by atoms with van der Waals surface area (Å²) >= 11 is 0. The number of hydrogen-bond acceptors (Lipinski definition) is 5. The topological polar surface area (TPSA) is 83.1 Å². The van der Waals surface area contributed by atoms with Gasteiger partial charge < -0.3 is 9.47 Å².